The standard InChI is InChI=1S/C18H23N3O2/c1-3-17-19-14-8-5-4-7-13(14)11-20(17)21-15-9-6-10-16(18(15)21)23-12(2)22/h4-5,7-8,15-16,18H,3,6,9-11H2,1-2H3. The first-order chi connectivity index (χ1) is 11.2. The van der Waals surface area contributed by atoms with Gasteiger partial charge in [-0.05, 0) is 30.9 Å². The van der Waals surface area contributed by atoms with E-state index >= 15 is 0 Å². The van der Waals surface area contributed by atoms with Crippen molar-refractivity contribution in [2.45, 2.75) is 64.3 Å². The molecule has 4 rings (SSSR count). The maximum atomic E-state index is 11.4. The summed E-state index contributed by atoms with van der Waals surface area (Å²) in [6, 6.07) is 9.17. The van der Waals surface area contributed by atoms with Gasteiger partial charge in [0.15, 0.2) is 0 Å². The third-order valence-electron chi connectivity index (χ3n) is 5.09. The number of hydrogen-bond acceptors (Lipinski definition) is 5. The van der Waals surface area contributed by atoms with Crippen LogP contribution in [-0.4, -0.2) is 40.0 Å². The molecule has 23 heavy (non-hydrogen) atoms. The molecule has 5 nitrogen and oxygen atoms in total. The molecule has 2 fully saturated rings. The Morgan fingerprint density at radius 1 is 1.35 bits per heavy atom. The van der Waals surface area contributed by atoms with E-state index in [4.69, 9.17) is 9.73 Å². The number of hydrazine groups is 1. The quantitative estimate of drug-likeness (QED) is 0.635. The van der Waals surface area contributed by atoms with Gasteiger partial charge in [0.05, 0.1) is 24.3 Å². The first kappa shape index (κ1) is 14.7. The van der Waals surface area contributed by atoms with E-state index in [1.807, 2.05) is 6.07 Å². The average Bonchev–Trinajstić information content (AvgIpc) is 3.28. The number of carbonyl (C=O) groups excluding carboxylic acids is 1. The van der Waals surface area contributed by atoms with Crippen LogP contribution in [0.3, 0.4) is 0 Å². The van der Waals surface area contributed by atoms with Gasteiger partial charge in [0.25, 0.3) is 0 Å². The summed E-state index contributed by atoms with van der Waals surface area (Å²) in [6.45, 7) is 4.52. The smallest absolute Gasteiger partial charge is 0.302 e. The highest BCUT2D eigenvalue weighted by atomic mass is 16.5. The Morgan fingerprint density at radius 3 is 2.96 bits per heavy atom. The molecule has 1 aromatic rings. The minimum Gasteiger partial charge on any atom is -0.461 e. The molecule has 0 bridgehead atoms. The molecule has 4 unspecified atom stereocenters. The summed E-state index contributed by atoms with van der Waals surface area (Å²) < 4.78 is 5.56. The Labute approximate surface area is 136 Å². The van der Waals surface area contributed by atoms with Crippen molar-refractivity contribution in [3.05, 3.63) is 29.8 Å². The number of fused-ring (bicyclic) bond motifs is 2. The van der Waals surface area contributed by atoms with Gasteiger partial charge in [0, 0.05) is 13.3 Å². The van der Waals surface area contributed by atoms with Crippen molar-refractivity contribution in [3.8, 4) is 0 Å². The van der Waals surface area contributed by atoms with Crippen molar-refractivity contribution in [3.63, 3.8) is 0 Å². The number of nitrogens with zero attached hydrogens (tertiary/aromatic N) is 3. The van der Waals surface area contributed by atoms with Crippen molar-refractivity contribution in [2.24, 2.45) is 4.99 Å². The maximum absolute atomic E-state index is 11.4. The highest BCUT2D eigenvalue weighted by Gasteiger charge is 2.58. The molecule has 5 heteroatoms. The third kappa shape index (κ3) is 2.53. The first-order valence-electron chi connectivity index (χ1n) is 8.57. The number of para-hydroxylation sites is 1. The van der Waals surface area contributed by atoms with E-state index in [1.165, 1.54) is 18.9 Å². The van der Waals surface area contributed by atoms with Crippen molar-refractivity contribution in [1.82, 2.24) is 10.0 Å². The molecule has 0 N–H and O–H groups in total. The van der Waals surface area contributed by atoms with Crippen LogP contribution in [0.4, 0.5) is 5.69 Å². The van der Waals surface area contributed by atoms with Crippen LogP contribution >= 0.6 is 0 Å². The maximum Gasteiger partial charge on any atom is 0.302 e. The van der Waals surface area contributed by atoms with Crippen molar-refractivity contribution >= 4 is 17.5 Å². The molecule has 1 saturated carbocycles. The van der Waals surface area contributed by atoms with Crippen molar-refractivity contribution in [2.75, 3.05) is 0 Å². The number of aliphatic imine (C=N–C) groups is 1. The van der Waals surface area contributed by atoms with E-state index in [0.29, 0.717) is 12.1 Å². The highest BCUT2D eigenvalue weighted by Crippen LogP contribution is 2.45. The molecule has 122 valence electrons. The second-order valence-corrected chi connectivity index (χ2v) is 6.58. The lowest BCUT2D eigenvalue weighted by Gasteiger charge is -2.32. The molecule has 2 heterocycles. The molecular formula is C18H23N3O2. The van der Waals surface area contributed by atoms with Crippen molar-refractivity contribution < 1.29 is 9.53 Å². The van der Waals surface area contributed by atoms with Gasteiger partial charge in [-0.15, -0.1) is 0 Å². The Kier molecular flexibility index (Phi) is 3.60. The number of amidine groups is 1. The van der Waals surface area contributed by atoms with E-state index in [9.17, 15) is 4.79 Å². The predicted octanol–water partition coefficient (Wildman–Crippen LogP) is 3.03. The van der Waals surface area contributed by atoms with Crippen LogP contribution in [0.15, 0.2) is 29.3 Å². The zero-order chi connectivity index (χ0) is 16.0. The summed E-state index contributed by atoms with van der Waals surface area (Å²) >= 11 is 0. The van der Waals surface area contributed by atoms with Crippen LogP contribution in [-0.2, 0) is 16.1 Å². The van der Waals surface area contributed by atoms with E-state index in [0.717, 1.165) is 37.3 Å². The van der Waals surface area contributed by atoms with E-state index in [2.05, 4.69) is 35.1 Å². The third-order valence-corrected chi connectivity index (χ3v) is 5.09. The Bertz CT molecular complexity index is 657. The molecule has 0 aromatic heterocycles. The highest BCUT2D eigenvalue weighted by molar-refractivity contribution is 5.86. The van der Waals surface area contributed by atoms with Gasteiger partial charge in [0.1, 0.15) is 11.9 Å². The van der Waals surface area contributed by atoms with Gasteiger partial charge in [-0.25, -0.2) is 10.0 Å². The molecule has 0 spiro atoms. The molecule has 1 aliphatic carbocycles. The Balaban J connectivity index is 1.58. The average molecular weight is 313 g/mol. The van der Waals surface area contributed by atoms with Crippen molar-refractivity contribution in [1.29, 1.82) is 0 Å². The zero-order valence-electron chi connectivity index (χ0n) is 13.7. The van der Waals surface area contributed by atoms with Crippen LogP contribution in [0.1, 0.15) is 45.1 Å². The predicted molar refractivity (Wildman–Crippen MR) is 88.2 cm³/mol. The summed E-state index contributed by atoms with van der Waals surface area (Å²) in [5.41, 5.74) is 2.35. The van der Waals surface area contributed by atoms with Gasteiger partial charge >= 0.3 is 5.97 Å². The Hall–Kier alpha value is -1.88. The second-order valence-electron chi connectivity index (χ2n) is 6.58. The monoisotopic (exact) mass is 313 g/mol. The summed E-state index contributed by atoms with van der Waals surface area (Å²) in [5, 5.41) is 4.72. The van der Waals surface area contributed by atoms with Crippen LogP contribution in [0.2, 0.25) is 0 Å². The summed E-state index contributed by atoms with van der Waals surface area (Å²) in [7, 11) is 0. The Morgan fingerprint density at radius 2 is 2.17 bits per heavy atom. The molecule has 0 radical (unpaired) electrons. The molecule has 2 aliphatic heterocycles. The summed E-state index contributed by atoms with van der Waals surface area (Å²) in [6.07, 6.45) is 4.21. The number of hydrogen-bond donors (Lipinski definition) is 0. The SMILES string of the molecule is CCC1=Nc2ccccc2CN1N1C2CCCC(OC(C)=O)C21. The molecule has 1 aromatic carbocycles. The number of carbonyl (C=O) groups is 1. The minimum absolute atomic E-state index is 0.0292. The first-order valence-corrected chi connectivity index (χ1v) is 8.57. The van der Waals surface area contributed by atoms with Gasteiger partial charge in [-0.2, -0.15) is 0 Å². The van der Waals surface area contributed by atoms with Gasteiger partial charge in [-0.1, -0.05) is 25.1 Å². The number of benzene rings is 1. The lowest BCUT2D eigenvalue weighted by Crippen LogP contribution is -2.40. The second kappa shape index (κ2) is 5.64. The number of rotatable bonds is 3. The number of ether oxygens (including phenoxy) is 1. The van der Waals surface area contributed by atoms with Crippen LogP contribution in [0.25, 0.3) is 0 Å². The van der Waals surface area contributed by atoms with Crippen LogP contribution in [0.5, 0.6) is 0 Å². The lowest BCUT2D eigenvalue weighted by molar-refractivity contribution is -0.147. The van der Waals surface area contributed by atoms with Gasteiger partial charge in [-0.3, -0.25) is 9.80 Å². The van der Waals surface area contributed by atoms with Gasteiger partial charge < -0.3 is 4.74 Å². The van der Waals surface area contributed by atoms with E-state index in [1.54, 1.807) is 0 Å². The molecule has 3 aliphatic rings. The van der Waals surface area contributed by atoms with E-state index < -0.39 is 0 Å². The molecule has 1 saturated heterocycles. The molecule has 0 amide bonds. The van der Waals surface area contributed by atoms with Crippen LogP contribution < -0.4 is 0 Å². The summed E-state index contributed by atoms with van der Waals surface area (Å²) in [5.74, 6) is 0.940. The normalized spacial score (nSPS) is 31.7. The zero-order valence-corrected chi connectivity index (χ0v) is 13.7. The largest absolute Gasteiger partial charge is 0.461 e. The topological polar surface area (TPSA) is 44.9 Å². The fourth-order valence-corrected chi connectivity index (χ4v) is 4.07. The fraction of sp³-hybridized carbons (Fsp3) is 0.556. The number of esters is 1. The molecule has 4 atom stereocenters. The van der Waals surface area contributed by atoms with Gasteiger partial charge in [0.2, 0.25) is 0 Å². The van der Waals surface area contributed by atoms with E-state index in [-0.39, 0.29) is 12.1 Å². The summed E-state index contributed by atoms with van der Waals surface area (Å²) in [4.78, 5) is 16.2. The minimum atomic E-state index is -0.170. The lowest BCUT2D eigenvalue weighted by atomic mass is 9.98. The molecular weight excluding hydrogens is 290 g/mol. The van der Waals surface area contributed by atoms with Crippen LogP contribution in [0, 0.1) is 0 Å². The fourth-order valence-electron chi connectivity index (χ4n) is 4.07.